The second kappa shape index (κ2) is 8.36. The molecule has 8 heteroatoms. The first-order valence-electron chi connectivity index (χ1n) is 8.16. The van der Waals surface area contributed by atoms with Gasteiger partial charge in [0.05, 0.1) is 0 Å². The fraction of sp³-hybridized carbons (Fsp3) is 0.471. The zero-order valence-electron chi connectivity index (χ0n) is 13.9. The van der Waals surface area contributed by atoms with E-state index in [9.17, 15) is 19.5 Å². The molecule has 0 aromatic heterocycles. The fourth-order valence-corrected chi connectivity index (χ4v) is 2.80. The van der Waals surface area contributed by atoms with Crippen LogP contribution in [0.2, 0.25) is 0 Å². The van der Waals surface area contributed by atoms with Gasteiger partial charge in [-0.1, -0.05) is 19.8 Å². The average molecular weight is 350 g/mol. The molecular formula is C17H22N2O6. The van der Waals surface area contributed by atoms with Crippen molar-refractivity contribution in [1.82, 2.24) is 10.6 Å². The summed E-state index contributed by atoms with van der Waals surface area (Å²) in [5.41, 5.74) is -0.189. The molecule has 1 saturated carbocycles. The Hall–Kier alpha value is -2.77. The van der Waals surface area contributed by atoms with Crippen LogP contribution in [0.3, 0.4) is 0 Å². The number of esters is 1. The monoisotopic (exact) mass is 350 g/mol. The molecule has 0 heterocycles. The SMILES string of the molecule is C[C@@H]1CCCC[C@@H]1NC(=O)NC(=O)COC(=O)c1ccc(O)cc1O. The van der Waals surface area contributed by atoms with Gasteiger partial charge in [0.2, 0.25) is 0 Å². The number of imide groups is 1. The van der Waals surface area contributed by atoms with E-state index < -0.39 is 30.3 Å². The lowest BCUT2D eigenvalue weighted by Crippen LogP contribution is -2.48. The van der Waals surface area contributed by atoms with Crippen LogP contribution in [0.1, 0.15) is 43.0 Å². The normalized spacial score (nSPS) is 19.7. The molecule has 8 nitrogen and oxygen atoms in total. The van der Waals surface area contributed by atoms with Crippen molar-refractivity contribution in [3.05, 3.63) is 23.8 Å². The molecule has 0 spiro atoms. The van der Waals surface area contributed by atoms with Crippen molar-refractivity contribution in [2.24, 2.45) is 5.92 Å². The standard InChI is InChI=1S/C17H22N2O6/c1-10-4-2-3-5-13(10)18-17(24)19-15(22)9-25-16(23)12-7-6-11(20)8-14(12)21/h6-8,10,13,20-21H,2-5,9H2,1H3,(H2,18,19,22,24)/t10-,13+/m1/s1. The number of ether oxygens (including phenoxy) is 1. The van der Waals surface area contributed by atoms with Crippen molar-refractivity contribution >= 4 is 17.9 Å². The van der Waals surface area contributed by atoms with E-state index in [0.717, 1.165) is 31.7 Å². The third kappa shape index (κ3) is 5.37. The fourth-order valence-electron chi connectivity index (χ4n) is 2.80. The third-order valence-electron chi connectivity index (χ3n) is 4.22. The van der Waals surface area contributed by atoms with Gasteiger partial charge in [0.25, 0.3) is 5.91 Å². The Morgan fingerprint density at radius 2 is 1.92 bits per heavy atom. The highest BCUT2D eigenvalue weighted by atomic mass is 16.5. The lowest BCUT2D eigenvalue weighted by molar-refractivity contribution is -0.123. The van der Waals surface area contributed by atoms with Crippen LogP contribution in [-0.4, -0.2) is 40.8 Å². The first kappa shape index (κ1) is 18.6. The maximum atomic E-state index is 11.8. The molecular weight excluding hydrogens is 328 g/mol. The molecule has 136 valence electrons. The van der Waals surface area contributed by atoms with Crippen molar-refractivity contribution in [2.75, 3.05) is 6.61 Å². The predicted octanol–water partition coefficient (Wildman–Crippen LogP) is 1.66. The van der Waals surface area contributed by atoms with Crippen LogP contribution in [-0.2, 0) is 9.53 Å². The van der Waals surface area contributed by atoms with Crippen LogP contribution in [0.15, 0.2) is 18.2 Å². The number of carbonyl (C=O) groups excluding carboxylic acids is 3. The molecule has 1 aromatic rings. The molecule has 0 aliphatic heterocycles. The van der Waals surface area contributed by atoms with Crippen LogP contribution >= 0.6 is 0 Å². The summed E-state index contributed by atoms with van der Waals surface area (Å²) in [6.07, 6.45) is 4.08. The van der Waals surface area contributed by atoms with E-state index in [1.165, 1.54) is 12.1 Å². The van der Waals surface area contributed by atoms with Crippen molar-refractivity contribution in [2.45, 2.75) is 38.6 Å². The van der Waals surface area contributed by atoms with Crippen molar-refractivity contribution in [1.29, 1.82) is 0 Å². The number of phenols is 2. The van der Waals surface area contributed by atoms with Gasteiger partial charge < -0.3 is 20.3 Å². The number of hydrogen-bond donors (Lipinski definition) is 4. The van der Waals surface area contributed by atoms with Crippen LogP contribution < -0.4 is 10.6 Å². The molecule has 0 saturated heterocycles. The number of phenolic OH excluding ortho intramolecular Hbond substituents is 2. The largest absolute Gasteiger partial charge is 0.508 e. The number of aromatic hydroxyl groups is 2. The van der Waals surface area contributed by atoms with Crippen LogP contribution in [0.25, 0.3) is 0 Å². The van der Waals surface area contributed by atoms with E-state index in [1.54, 1.807) is 0 Å². The summed E-state index contributed by atoms with van der Waals surface area (Å²) in [7, 11) is 0. The zero-order chi connectivity index (χ0) is 18.4. The highest BCUT2D eigenvalue weighted by Gasteiger charge is 2.23. The minimum absolute atomic E-state index is 0.0260. The van der Waals surface area contributed by atoms with Gasteiger partial charge in [0, 0.05) is 12.1 Å². The number of benzene rings is 1. The summed E-state index contributed by atoms with van der Waals surface area (Å²) in [6, 6.07) is 2.76. The Morgan fingerprint density at radius 1 is 1.20 bits per heavy atom. The van der Waals surface area contributed by atoms with Gasteiger partial charge in [-0.25, -0.2) is 9.59 Å². The number of amides is 3. The summed E-state index contributed by atoms with van der Waals surface area (Å²) in [4.78, 5) is 35.3. The molecule has 25 heavy (non-hydrogen) atoms. The Balaban J connectivity index is 1.77. The number of rotatable bonds is 4. The number of hydrogen-bond acceptors (Lipinski definition) is 6. The summed E-state index contributed by atoms with van der Waals surface area (Å²) >= 11 is 0. The van der Waals surface area contributed by atoms with Gasteiger partial charge in [0.15, 0.2) is 6.61 Å². The highest BCUT2D eigenvalue weighted by Crippen LogP contribution is 2.24. The van der Waals surface area contributed by atoms with E-state index in [0.29, 0.717) is 5.92 Å². The Kier molecular flexibility index (Phi) is 6.21. The second-order valence-electron chi connectivity index (χ2n) is 6.17. The molecule has 1 fully saturated rings. The Morgan fingerprint density at radius 3 is 2.60 bits per heavy atom. The molecule has 1 aliphatic carbocycles. The molecule has 0 unspecified atom stereocenters. The number of nitrogens with one attached hydrogen (secondary N) is 2. The quantitative estimate of drug-likeness (QED) is 0.612. The van der Waals surface area contributed by atoms with E-state index in [1.807, 2.05) is 0 Å². The van der Waals surface area contributed by atoms with Gasteiger partial charge in [-0.15, -0.1) is 0 Å². The lowest BCUT2D eigenvalue weighted by Gasteiger charge is -2.29. The van der Waals surface area contributed by atoms with Gasteiger partial charge >= 0.3 is 12.0 Å². The third-order valence-corrected chi connectivity index (χ3v) is 4.22. The van der Waals surface area contributed by atoms with Gasteiger partial charge in [-0.05, 0) is 30.9 Å². The van der Waals surface area contributed by atoms with E-state index >= 15 is 0 Å². The molecule has 4 N–H and O–H groups in total. The van der Waals surface area contributed by atoms with Crippen molar-refractivity contribution < 1.29 is 29.3 Å². The molecule has 0 radical (unpaired) electrons. The zero-order valence-corrected chi connectivity index (χ0v) is 13.9. The molecule has 0 bridgehead atoms. The minimum Gasteiger partial charge on any atom is -0.508 e. The number of urea groups is 1. The summed E-state index contributed by atoms with van der Waals surface area (Å²) in [5.74, 6) is -2.03. The topological polar surface area (TPSA) is 125 Å². The maximum absolute atomic E-state index is 11.8. The van der Waals surface area contributed by atoms with Crippen LogP contribution in [0, 0.1) is 5.92 Å². The predicted molar refractivity (Wildman–Crippen MR) is 88.1 cm³/mol. The summed E-state index contributed by atoms with van der Waals surface area (Å²) in [5, 5.41) is 23.6. The number of carbonyl (C=O) groups is 3. The lowest BCUT2D eigenvalue weighted by atomic mass is 9.86. The molecule has 1 aromatic carbocycles. The van der Waals surface area contributed by atoms with Gasteiger partial charge in [-0.2, -0.15) is 0 Å². The summed E-state index contributed by atoms with van der Waals surface area (Å²) < 4.78 is 4.75. The van der Waals surface area contributed by atoms with Crippen LogP contribution in [0.5, 0.6) is 11.5 Å². The first-order chi connectivity index (χ1) is 11.9. The van der Waals surface area contributed by atoms with Crippen molar-refractivity contribution in [3.63, 3.8) is 0 Å². The van der Waals surface area contributed by atoms with E-state index in [2.05, 4.69) is 17.6 Å². The smallest absolute Gasteiger partial charge is 0.342 e. The second-order valence-corrected chi connectivity index (χ2v) is 6.17. The van der Waals surface area contributed by atoms with E-state index in [-0.39, 0.29) is 17.4 Å². The van der Waals surface area contributed by atoms with Crippen LogP contribution in [0.4, 0.5) is 4.79 Å². The molecule has 1 aliphatic rings. The highest BCUT2D eigenvalue weighted by molar-refractivity contribution is 5.97. The molecule has 2 atom stereocenters. The average Bonchev–Trinajstić information content (AvgIpc) is 2.54. The Labute approximate surface area is 145 Å². The van der Waals surface area contributed by atoms with Gasteiger partial charge in [-0.3, -0.25) is 10.1 Å². The van der Waals surface area contributed by atoms with E-state index in [4.69, 9.17) is 9.84 Å². The Bertz CT molecular complexity index is 661. The maximum Gasteiger partial charge on any atom is 0.342 e. The molecule has 2 rings (SSSR count). The summed E-state index contributed by atoms with van der Waals surface area (Å²) in [6.45, 7) is 1.39. The molecule has 3 amide bonds. The van der Waals surface area contributed by atoms with Gasteiger partial charge in [0.1, 0.15) is 17.1 Å². The van der Waals surface area contributed by atoms with Crippen molar-refractivity contribution in [3.8, 4) is 11.5 Å². The first-order valence-corrected chi connectivity index (χ1v) is 8.16. The minimum atomic E-state index is -0.936.